The number of rotatable bonds is 9. The highest BCUT2D eigenvalue weighted by molar-refractivity contribution is 5.62. The Balaban J connectivity index is 2.74. The summed E-state index contributed by atoms with van der Waals surface area (Å²) in [5.41, 5.74) is 2.72. The molecule has 0 aliphatic rings. The van der Waals surface area contributed by atoms with Crippen molar-refractivity contribution in [2.75, 3.05) is 26.8 Å². The number of nitrogens with zero attached hydrogens (tertiary/aromatic N) is 3. The molecule has 1 unspecified atom stereocenters. The number of aliphatic imine (C=N–C) groups is 1. The lowest BCUT2D eigenvalue weighted by molar-refractivity contribution is 0.0564. The zero-order chi connectivity index (χ0) is 16.5. The normalized spacial score (nSPS) is 12.6. The molecule has 0 aliphatic carbocycles. The van der Waals surface area contributed by atoms with Gasteiger partial charge in [-0.25, -0.2) is 9.98 Å². The third-order valence-corrected chi connectivity index (χ3v) is 3.24. The summed E-state index contributed by atoms with van der Waals surface area (Å²) in [5, 5.41) is 0. The molecule has 22 heavy (non-hydrogen) atoms. The van der Waals surface area contributed by atoms with Gasteiger partial charge in [0, 0.05) is 25.8 Å². The number of aryl methyl sites for hydroxylation is 2. The van der Waals surface area contributed by atoms with Gasteiger partial charge >= 0.3 is 0 Å². The SMILES string of the molecule is CCCOCC(C)Oc1nc(C)c(N=CN(C)CC)cc1C. The van der Waals surface area contributed by atoms with Gasteiger partial charge in [-0.3, -0.25) is 0 Å². The highest BCUT2D eigenvalue weighted by atomic mass is 16.5. The third kappa shape index (κ3) is 6.02. The highest BCUT2D eigenvalue weighted by Gasteiger charge is 2.11. The van der Waals surface area contributed by atoms with Crippen LogP contribution in [0.1, 0.15) is 38.4 Å². The zero-order valence-corrected chi connectivity index (χ0v) is 14.7. The second-order valence-electron chi connectivity index (χ2n) is 5.54. The number of pyridine rings is 1. The lowest BCUT2D eigenvalue weighted by Crippen LogP contribution is -2.20. The van der Waals surface area contributed by atoms with Gasteiger partial charge in [-0.05, 0) is 40.2 Å². The summed E-state index contributed by atoms with van der Waals surface area (Å²) in [4.78, 5) is 11.0. The Hall–Kier alpha value is -1.62. The van der Waals surface area contributed by atoms with Crippen LogP contribution in [0.4, 0.5) is 5.69 Å². The average Bonchev–Trinajstić information content (AvgIpc) is 2.49. The predicted molar refractivity (Wildman–Crippen MR) is 91.4 cm³/mol. The van der Waals surface area contributed by atoms with Crippen molar-refractivity contribution in [3.63, 3.8) is 0 Å². The Labute approximate surface area is 134 Å². The minimum absolute atomic E-state index is 0.0160. The molecular formula is C17H29N3O2. The van der Waals surface area contributed by atoms with E-state index in [0.717, 1.165) is 36.5 Å². The van der Waals surface area contributed by atoms with E-state index in [0.29, 0.717) is 12.5 Å². The van der Waals surface area contributed by atoms with Crippen LogP contribution in [0.2, 0.25) is 0 Å². The molecule has 124 valence electrons. The Bertz CT molecular complexity index is 489. The zero-order valence-electron chi connectivity index (χ0n) is 14.7. The standard InChI is InChI=1S/C17H29N3O2/c1-7-9-21-11-14(4)22-17-13(3)10-16(15(5)19-17)18-12-20(6)8-2/h10,12,14H,7-9,11H2,1-6H3. The van der Waals surface area contributed by atoms with Crippen LogP contribution in [-0.4, -0.2) is 49.1 Å². The summed E-state index contributed by atoms with van der Waals surface area (Å²) in [5.74, 6) is 0.660. The van der Waals surface area contributed by atoms with E-state index in [-0.39, 0.29) is 6.10 Å². The van der Waals surface area contributed by atoms with Gasteiger partial charge in [0.1, 0.15) is 6.10 Å². The van der Waals surface area contributed by atoms with E-state index in [1.807, 2.05) is 45.1 Å². The van der Waals surface area contributed by atoms with Crippen molar-refractivity contribution < 1.29 is 9.47 Å². The first-order valence-electron chi connectivity index (χ1n) is 7.94. The first-order chi connectivity index (χ1) is 10.5. The highest BCUT2D eigenvalue weighted by Crippen LogP contribution is 2.25. The molecule has 5 heteroatoms. The number of ether oxygens (including phenoxy) is 2. The van der Waals surface area contributed by atoms with Crippen LogP contribution in [0, 0.1) is 13.8 Å². The maximum absolute atomic E-state index is 5.88. The molecule has 5 nitrogen and oxygen atoms in total. The molecule has 1 rings (SSSR count). The van der Waals surface area contributed by atoms with Gasteiger partial charge in [-0.1, -0.05) is 6.92 Å². The molecule has 1 aromatic rings. The summed E-state index contributed by atoms with van der Waals surface area (Å²) >= 11 is 0. The molecule has 0 amide bonds. The Morgan fingerprint density at radius 1 is 1.36 bits per heavy atom. The van der Waals surface area contributed by atoms with Crippen molar-refractivity contribution in [2.45, 2.75) is 47.1 Å². The van der Waals surface area contributed by atoms with Crippen molar-refractivity contribution in [3.8, 4) is 5.88 Å². The molecule has 0 saturated heterocycles. The fourth-order valence-corrected chi connectivity index (χ4v) is 1.78. The van der Waals surface area contributed by atoms with Gasteiger partial charge in [-0.2, -0.15) is 0 Å². The summed E-state index contributed by atoms with van der Waals surface area (Å²) in [7, 11) is 1.99. The molecule has 1 heterocycles. The number of hydrogen-bond acceptors (Lipinski definition) is 4. The summed E-state index contributed by atoms with van der Waals surface area (Å²) in [6.45, 7) is 12.4. The molecule has 0 aliphatic heterocycles. The van der Waals surface area contributed by atoms with Crippen molar-refractivity contribution in [1.82, 2.24) is 9.88 Å². The lowest BCUT2D eigenvalue weighted by Gasteiger charge is -2.16. The maximum Gasteiger partial charge on any atom is 0.216 e. The number of hydrogen-bond donors (Lipinski definition) is 0. The van der Waals surface area contributed by atoms with Crippen LogP contribution in [0.15, 0.2) is 11.1 Å². The second kappa shape index (κ2) is 9.41. The van der Waals surface area contributed by atoms with Crippen LogP contribution >= 0.6 is 0 Å². The molecule has 0 aromatic carbocycles. The predicted octanol–water partition coefficient (Wildman–Crippen LogP) is 3.50. The van der Waals surface area contributed by atoms with E-state index in [1.54, 1.807) is 0 Å². The second-order valence-corrected chi connectivity index (χ2v) is 5.54. The minimum Gasteiger partial charge on any atom is -0.472 e. The van der Waals surface area contributed by atoms with Crippen molar-refractivity contribution in [2.24, 2.45) is 4.99 Å². The summed E-state index contributed by atoms with van der Waals surface area (Å²) in [6.07, 6.45) is 2.82. The molecule has 0 radical (unpaired) electrons. The van der Waals surface area contributed by atoms with Crippen LogP contribution in [0.3, 0.4) is 0 Å². The fraction of sp³-hybridized carbons (Fsp3) is 0.647. The smallest absolute Gasteiger partial charge is 0.216 e. The van der Waals surface area contributed by atoms with E-state index in [9.17, 15) is 0 Å². The number of aromatic nitrogens is 1. The van der Waals surface area contributed by atoms with Gasteiger partial charge in [0.2, 0.25) is 5.88 Å². The molecule has 1 atom stereocenters. The molecule has 0 saturated carbocycles. The van der Waals surface area contributed by atoms with Gasteiger partial charge in [0.15, 0.2) is 0 Å². The lowest BCUT2D eigenvalue weighted by atomic mass is 10.2. The molecule has 0 bridgehead atoms. The van der Waals surface area contributed by atoms with E-state index in [1.165, 1.54) is 0 Å². The largest absolute Gasteiger partial charge is 0.472 e. The Morgan fingerprint density at radius 2 is 2.09 bits per heavy atom. The molecular weight excluding hydrogens is 278 g/mol. The monoisotopic (exact) mass is 307 g/mol. The van der Waals surface area contributed by atoms with Crippen LogP contribution in [-0.2, 0) is 4.74 Å². The van der Waals surface area contributed by atoms with Crippen molar-refractivity contribution in [3.05, 3.63) is 17.3 Å². The minimum atomic E-state index is -0.0160. The van der Waals surface area contributed by atoms with Gasteiger partial charge < -0.3 is 14.4 Å². The molecule has 0 spiro atoms. The average molecular weight is 307 g/mol. The third-order valence-electron chi connectivity index (χ3n) is 3.24. The van der Waals surface area contributed by atoms with Gasteiger partial charge in [0.25, 0.3) is 0 Å². The van der Waals surface area contributed by atoms with Gasteiger partial charge in [-0.15, -0.1) is 0 Å². The molecule has 1 aromatic heterocycles. The van der Waals surface area contributed by atoms with Gasteiger partial charge in [0.05, 0.1) is 24.3 Å². The first kappa shape index (κ1) is 18.4. The van der Waals surface area contributed by atoms with E-state index < -0.39 is 0 Å². The van der Waals surface area contributed by atoms with Crippen molar-refractivity contribution in [1.29, 1.82) is 0 Å². The van der Waals surface area contributed by atoms with E-state index in [2.05, 4.69) is 23.8 Å². The maximum atomic E-state index is 5.88. The molecule has 0 N–H and O–H groups in total. The van der Waals surface area contributed by atoms with Crippen LogP contribution in [0.25, 0.3) is 0 Å². The fourth-order valence-electron chi connectivity index (χ4n) is 1.78. The molecule has 0 fully saturated rings. The summed E-state index contributed by atoms with van der Waals surface area (Å²) in [6, 6.07) is 2.01. The Morgan fingerprint density at radius 3 is 2.73 bits per heavy atom. The van der Waals surface area contributed by atoms with E-state index >= 15 is 0 Å². The van der Waals surface area contributed by atoms with Crippen LogP contribution in [0.5, 0.6) is 5.88 Å². The van der Waals surface area contributed by atoms with Crippen LogP contribution < -0.4 is 4.74 Å². The quantitative estimate of drug-likeness (QED) is 0.398. The van der Waals surface area contributed by atoms with Crippen molar-refractivity contribution >= 4 is 12.0 Å². The Kier molecular flexibility index (Phi) is 7.88. The topological polar surface area (TPSA) is 47.0 Å². The van der Waals surface area contributed by atoms with E-state index in [4.69, 9.17) is 9.47 Å². The first-order valence-corrected chi connectivity index (χ1v) is 7.94. The summed E-state index contributed by atoms with van der Waals surface area (Å²) < 4.78 is 11.4.